The van der Waals surface area contributed by atoms with Crippen LogP contribution in [0.2, 0.25) is 0 Å². The van der Waals surface area contributed by atoms with E-state index in [1.54, 1.807) is 19.1 Å². The van der Waals surface area contributed by atoms with Gasteiger partial charge in [-0.2, -0.15) is 0 Å². The highest BCUT2D eigenvalue weighted by Crippen LogP contribution is 2.14. The van der Waals surface area contributed by atoms with Gasteiger partial charge in [0.2, 0.25) is 0 Å². The second kappa shape index (κ2) is 7.26. The van der Waals surface area contributed by atoms with Crippen molar-refractivity contribution in [2.24, 2.45) is 0 Å². The van der Waals surface area contributed by atoms with Gasteiger partial charge in [0.1, 0.15) is 5.75 Å². The van der Waals surface area contributed by atoms with Gasteiger partial charge in [0.15, 0.2) is 12.1 Å². The highest BCUT2D eigenvalue weighted by Gasteiger charge is 2.14. The van der Waals surface area contributed by atoms with Crippen LogP contribution in [0.15, 0.2) is 24.3 Å². The van der Waals surface area contributed by atoms with Gasteiger partial charge in [-0.3, -0.25) is 4.79 Å². The number of benzene rings is 1. The van der Waals surface area contributed by atoms with Crippen LogP contribution in [-0.2, 0) is 9.47 Å². The molecule has 0 N–H and O–H groups in total. The lowest BCUT2D eigenvalue weighted by Gasteiger charge is -2.09. The summed E-state index contributed by atoms with van der Waals surface area (Å²) in [4.78, 5) is 11.1. The lowest BCUT2D eigenvalue weighted by Crippen LogP contribution is -2.08. The van der Waals surface area contributed by atoms with Crippen LogP contribution in [0.5, 0.6) is 5.75 Å². The van der Waals surface area contributed by atoms with E-state index in [1.807, 2.05) is 12.1 Å². The third-order valence-corrected chi connectivity index (χ3v) is 3.05. The van der Waals surface area contributed by atoms with Gasteiger partial charge in [0.05, 0.1) is 19.8 Å². The van der Waals surface area contributed by atoms with Gasteiger partial charge in [0.25, 0.3) is 0 Å². The number of rotatable bonds is 7. The highest BCUT2D eigenvalue weighted by atomic mass is 16.7. The minimum absolute atomic E-state index is 0.0187. The van der Waals surface area contributed by atoms with Gasteiger partial charge >= 0.3 is 0 Å². The van der Waals surface area contributed by atoms with Crippen LogP contribution in [0.1, 0.15) is 36.5 Å². The number of carbonyl (C=O) groups is 1. The molecule has 0 atom stereocenters. The Morgan fingerprint density at radius 3 is 2.53 bits per heavy atom. The normalized spacial score (nSPS) is 15.6. The van der Waals surface area contributed by atoms with Crippen molar-refractivity contribution in [2.75, 3.05) is 19.8 Å². The third-order valence-electron chi connectivity index (χ3n) is 3.05. The zero-order valence-electron chi connectivity index (χ0n) is 11.3. The number of Topliss-reactive ketones (excluding diaryl/α,β-unsaturated/α-hetero) is 1. The van der Waals surface area contributed by atoms with Gasteiger partial charge in [-0.25, -0.2) is 0 Å². The van der Waals surface area contributed by atoms with E-state index in [1.165, 1.54) is 0 Å². The van der Waals surface area contributed by atoms with E-state index >= 15 is 0 Å². The molecule has 19 heavy (non-hydrogen) atoms. The predicted octanol–water partition coefficient (Wildman–Crippen LogP) is 2.81. The maximum atomic E-state index is 11.1. The molecule has 2 rings (SSSR count). The van der Waals surface area contributed by atoms with E-state index in [0.29, 0.717) is 25.4 Å². The number of unbranched alkanes of at least 4 members (excludes halogenated alkanes) is 1. The molecule has 0 spiro atoms. The van der Waals surface area contributed by atoms with Crippen molar-refractivity contribution < 1.29 is 19.0 Å². The summed E-state index contributed by atoms with van der Waals surface area (Å²) in [6, 6.07) is 7.25. The Labute approximate surface area is 113 Å². The molecule has 4 nitrogen and oxygen atoms in total. The average molecular weight is 264 g/mol. The minimum Gasteiger partial charge on any atom is -0.494 e. The average Bonchev–Trinajstić information content (AvgIpc) is 2.92. The van der Waals surface area contributed by atoms with Crippen molar-refractivity contribution in [3.8, 4) is 5.75 Å². The topological polar surface area (TPSA) is 44.8 Å². The molecule has 0 unspecified atom stereocenters. The molecule has 1 fully saturated rings. The van der Waals surface area contributed by atoms with Gasteiger partial charge in [0, 0.05) is 5.56 Å². The summed E-state index contributed by atoms with van der Waals surface area (Å²) in [5.41, 5.74) is 0.711. The first-order valence-electron chi connectivity index (χ1n) is 6.73. The Morgan fingerprint density at radius 1 is 1.21 bits per heavy atom. The summed E-state index contributed by atoms with van der Waals surface area (Å²) in [6.45, 7) is 3.66. The molecule has 0 amide bonds. The maximum absolute atomic E-state index is 11.1. The summed E-state index contributed by atoms with van der Waals surface area (Å²) in [7, 11) is 0. The molecule has 1 aromatic carbocycles. The van der Waals surface area contributed by atoms with E-state index in [4.69, 9.17) is 14.2 Å². The van der Waals surface area contributed by atoms with Crippen LogP contribution < -0.4 is 4.74 Å². The van der Waals surface area contributed by atoms with Crippen LogP contribution >= 0.6 is 0 Å². The van der Waals surface area contributed by atoms with Crippen molar-refractivity contribution in [3.05, 3.63) is 29.8 Å². The number of ketones is 1. The van der Waals surface area contributed by atoms with Crippen molar-refractivity contribution in [1.82, 2.24) is 0 Å². The fraction of sp³-hybridized carbons (Fsp3) is 0.533. The maximum Gasteiger partial charge on any atom is 0.159 e. The number of hydrogen-bond donors (Lipinski definition) is 0. The third kappa shape index (κ3) is 4.65. The SMILES string of the molecule is CC(=O)c1ccc(OCCCCC2OCCO2)cc1. The Hall–Kier alpha value is -1.39. The quantitative estimate of drug-likeness (QED) is 0.561. The Balaban J connectivity index is 1.61. The van der Waals surface area contributed by atoms with Gasteiger partial charge in [-0.1, -0.05) is 0 Å². The number of carbonyl (C=O) groups excluding carboxylic acids is 1. The van der Waals surface area contributed by atoms with Crippen LogP contribution in [-0.4, -0.2) is 31.9 Å². The molecule has 0 aliphatic carbocycles. The van der Waals surface area contributed by atoms with Crippen LogP contribution in [0.4, 0.5) is 0 Å². The first-order chi connectivity index (χ1) is 9.25. The molecule has 4 heteroatoms. The van der Waals surface area contributed by atoms with Crippen molar-refractivity contribution in [3.63, 3.8) is 0 Å². The smallest absolute Gasteiger partial charge is 0.159 e. The number of hydrogen-bond acceptors (Lipinski definition) is 4. The molecule has 1 saturated heterocycles. The van der Waals surface area contributed by atoms with Crippen LogP contribution in [0.25, 0.3) is 0 Å². The van der Waals surface area contributed by atoms with Crippen LogP contribution in [0.3, 0.4) is 0 Å². The molecule has 0 bridgehead atoms. The molecule has 1 heterocycles. The van der Waals surface area contributed by atoms with Gasteiger partial charge in [-0.15, -0.1) is 0 Å². The molecule has 1 aliphatic rings. The Morgan fingerprint density at radius 2 is 1.89 bits per heavy atom. The lowest BCUT2D eigenvalue weighted by atomic mass is 10.1. The fourth-order valence-electron chi connectivity index (χ4n) is 1.96. The Kier molecular flexibility index (Phi) is 5.36. The molecular formula is C15H20O4. The molecule has 104 valence electrons. The summed E-state index contributed by atoms with van der Waals surface area (Å²) >= 11 is 0. The van der Waals surface area contributed by atoms with Gasteiger partial charge < -0.3 is 14.2 Å². The van der Waals surface area contributed by atoms with E-state index in [0.717, 1.165) is 25.0 Å². The minimum atomic E-state index is -0.0187. The molecule has 0 radical (unpaired) electrons. The molecule has 0 saturated carbocycles. The van der Waals surface area contributed by atoms with Gasteiger partial charge in [-0.05, 0) is 50.5 Å². The van der Waals surface area contributed by atoms with E-state index in [9.17, 15) is 4.79 Å². The number of ether oxygens (including phenoxy) is 3. The lowest BCUT2D eigenvalue weighted by molar-refractivity contribution is -0.0482. The standard InChI is InChI=1S/C15H20O4/c1-12(16)13-5-7-14(8-6-13)17-9-3-2-4-15-18-10-11-19-15/h5-8,15H,2-4,9-11H2,1H3. The first kappa shape index (κ1) is 14.0. The molecule has 0 aromatic heterocycles. The zero-order valence-corrected chi connectivity index (χ0v) is 11.3. The highest BCUT2D eigenvalue weighted by molar-refractivity contribution is 5.94. The monoisotopic (exact) mass is 264 g/mol. The second-order valence-corrected chi connectivity index (χ2v) is 4.60. The van der Waals surface area contributed by atoms with Crippen molar-refractivity contribution >= 4 is 5.78 Å². The molecular weight excluding hydrogens is 244 g/mol. The summed E-state index contributed by atoms with van der Waals surface area (Å²) in [5, 5.41) is 0. The van der Waals surface area contributed by atoms with E-state index < -0.39 is 0 Å². The second-order valence-electron chi connectivity index (χ2n) is 4.60. The van der Waals surface area contributed by atoms with Crippen molar-refractivity contribution in [1.29, 1.82) is 0 Å². The Bertz CT molecular complexity index is 393. The summed E-state index contributed by atoms with van der Waals surface area (Å²) < 4.78 is 16.3. The zero-order chi connectivity index (χ0) is 13.5. The molecule has 1 aliphatic heterocycles. The first-order valence-corrected chi connectivity index (χ1v) is 6.73. The van der Waals surface area contributed by atoms with Crippen molar-refractivity contribution in [2.45, 2.75) is 32.5 Å². The molecule has 1 aromatic rings. The summed E-state index contributed by atoms with van der Waals surface area (Å²) in [6.07, 6.45) is 2.90. The summed E-state index contributed by atoms with van der Waals surface area (Å²) in [5.74, 6) is 0.876. The fourth-order valence-corrected chi connectivity index (χ4v) is 1.96. The van der Waals surface area contributed by atoms with E-state index in [2.05, 4.69) is 0 Å². The van der Waals surface area contributed by atoms with Crippen LogP contribution in [0, 0.1) is 0 Å². The largest absolute Gasteiger partial charge is 0.494 e. The van der Waals surface area contributed by atoms with E-state index in [-0.39, 0.29) is 12.1 Å². The predicted molar refractivity (Wildman–Crippen MR) is 71.5 cm³/mol.